The van der Waals surface area contributed by atoms with E-state index in [9.17, 15) is 27.7 Å². The standard InChI is InChI=1S/C15H7ClFNO6S/c16-11-7-10(2-3-12(11)17)25(22,23)14-6-8-5-9(18(20)21)1-4-13(8)24-15(14)19/h1-7H. The van der Waals surface area contributed by atoms with E-state index in [1.165, 1.54) is 6.07 Å². The highest BCUT2D eigenvalue weighted by Gasteiger charge is 2.24. The van der Waals surface area contributed by atoms with E-state index in [-0.39, 0.29) is 16.7 Å². The Labute approximate surface area is 144 Å². The van der Waals surface area contributed by atoms with Crippen LogP contribution in [0, 0.1) is 15.9 Å². The van der Waals surface area contributed by atoms with Crippen molar-refractivity contribution in [3.63, 3.8) is 0 Å². The van der Waals surface area contributed by atoms with Gasteiger partial charge < -0.3 is 4.42 Å². The minimum Gasteiger partial charge on any atom is -0.422 e. The Hall–Kier alpha value is -2.78. The van der Waals surface area contributed by atoms with Crippen molar-refractivity contribution in [3.05, 3.63) is 73.8 Å². The van der Waals surface area contributed by atoms with E-state index in [1.54, 1.807) is 0 Å². The zero-order valence-electron chi connectivity index (χ0n) is 12.1. The van der Waals surface area contributed by atoms with Gasteiger partial charge in [0.05, 0.1) is 14.8 Å². The molecule has 0 saturated heterocycles. The molecule has 0 unspecified atom stereocenters. The minimum absolute atomic E-state index is 0.00770. The molecule has 3 rings (SSSR count). The number of hydrogen-bond acceptors (Lipinski definition) is 6. The van der Waals surface area contributed by atoms with Gasteiger partial charge in [-0.1, -0.05) is 11.6 Å². The second-order valence-electron chi connectivity index (χ2n) is 4.96. The first-order valence-corrected chi connectivity index (χ1v) is 8.49. The number of sulfone groups is 1. The minimum atomic E-state index is -4.36. The van der Waals surface area contributed by atoms with Gasteiger partial charge in [0.1, 0.15) is 11.4 Å². The van der Waals surface area contributed by atoms with Crippen LogP contribution in [0.15, 0.2) is 61.5 Å². The molecule has 7 nitrogen and oxygen atoms in total. The van der Waals surface area contributed by atoms with Crippen LogP contribution < -0.4 is 5.63 Å². The molecule has 0 amide bonds. The molecular weight excluding hydrogens is 377 g/mol. The molecule has 0 fully saturated rings. The Morgan fingerprint density at radius 1 is 1.12 bits per heavy atom. The summed E-state index contributed by atoms with van der Waals surface area (Å²) in [5, 5.41) is 10.5. The lowest BCUT2D eigenvalue weighted by Crippen LogP contribution is -2.14. The van der Waals surface area contributed by atoms with E-state index >= 15 is 0 Å². The van der Waals surface area contributed by atoms with Gasteiger partial charge in [-0.05, 0) is 30.3 Å². The van der Waals surface area contributed by atoms with E-state index in [4.69, 9.17) is 16.0 Å². The van der Waals surface area contributed by atoms with Crippen molar-refractivity contribution in [3.8, 4) is 0 Å². The molecule has 0 bridgehead atoms. The van der Waals surface area contributed by atoms with Gasteiger partial charge in [0.2, 0.25) is 9.84 Å². The summed E-state index contributed by atoms with van der Waals surface area (Å²) in [5.74, 6) is -0.818. The predicted octanol–water partition coefficient (Wildman–Crippen LogP) is 3.33. The quantitative estimate of drug-likeness (QED) is 0.297. The first kappa shape index (κ1) is 17.1. The lowest BCUT2D eigenvalue weighted by atomic mass is 10.2. The van der Waals surface area contributed by atoms with Gasteiger partial charge in [-0.2, -0.15) is 0 Å². The van der Waals surface area contributed by atoms with E-state index in [0.29, 0.717) is 0 Å². The maximum atomic E-state index is 13.2. The first-order valence-electron chi connectivity index (χ1n) is 6.62. The largest absolute Gasteiger partial charge is 0.422 e. The summed E-state index contributed by atoms with van der Waals surface area (Å²) in [7, 11) is -4.36. The fraction of sp³-hybridized carbons (Fsp3) is 0. The molecule has 0 atom stereocenters. The van der Waals surface area contributed by atoms with Crippen molar-refractivity contribution in [1.29, 1.82) is 0 Å². The molecule has 1 heterocycles. The van der Waals surface area contributed by atoms with Crippen LogP contribution >= 0.6 is 11.6 Å². The second kappa shape index (κ2) is 5.94. The number of nitro groups is 1. The van der Waals surface area contributed by atoms with Crippen LogP contribution in [0.5, 0.6) is 0 Å². The van der Waals surface area contributed by atoms with Crippen LogP contribution in [0.25, 0.3) is 11.0 Å². The number of nitrogens with zero attached hydrogens (tertiary/aromatic N) is 1. The van der Waals surface area contributed by atoms with Gasteiger partial charge in [-0.3, -0.25) is 10.1 Å². The summed E-state index contributed by atoms with van der Waals surface area (Å²) in [6.45, 7) is 0. The van der Waals surface area contributed by atoms with Crippen LogP contribution in [-0.2, 0) is 9.84 Å². The van der Waals surface area contributed by atoms with Crippen LogP contribution in [0.3, 0.4) is 0 Å². The molecule has 0 aliphatic rings. The third kappa shape index (κ3) is 2.99. The van der Waals surface area contributed by atoms with Crippen LogP contribution in [0.4, 0.5) is 10.1 Å². The number of halogens is 2. The number of hydrogen-bond donors (Lipinski definition) is 0. The van der Waals surface area contributed by atoms with Crippen molar-refractivity contribution in [2.24, 2.45) is 0 Å². The molecule has 0 aliphatic carbocycles. The summed E-state index contributed by atoms with van der Waals surface area (Å²) in [6, 6.07) is 7.04. The summed E-state index contributed by atoms with van der Waals surface area (Å²) < 4.78 is 43.4. The molecular formula is C15H7ClFNO6S. The summed E-state index contributed by atoms with van der Waals surface area (Å²) in [5.41, 5.74) is -1.46. The number of non-ortho nitro benzene ring substituents is 1. The highest BCUT2D eigenvalue weighted by Crippen LogP contribution is 2.27. The zero-order chi connectivity index (χ0) is 18.4. The van der Waals surface area contributed by atoms with Crippen molar-refractivity contribution >= 4 is 38.1 Å². The Morgan fingerprint density at radius 2 is 1.84 bits per heavy atom. The van der Waals surface area contributed by atoms with Crippen LogP contribution in [0.2, 0.25) is 5.02 Å². The van der Waals surface area contributed by atoms with Crippen molar-refractivity contribution < 1.29 is 22.1 Å². The summed E-state index contributed by atoms with van der Waals surface area (Å²) in [6.07, 6.45) is 0. The number of benzene rings is 2. The zero-order valence-corrected chi connectivity index (χ0v) is 13.7. The van der Waals surface area contributed by atoms with Crippen molar-refractivity contribution in [2.75, 3.05) is 0 Å². The number of nitro benzene ring substituents is 1. The normalized spacial score (nSPS) is 11.6. The molecule has 2 aromatic carbocycles. The summed E-state index contributed by atoms with van der Waals surface area (Å²) in [4.78, 5) is 21.1. The lowest BCUT2D eigenvalue weighted by Gasteiger charge is -2.05. The van der Waals surface area contributed by atoms with Crippen LogP contribution in [0.1, 0.15) is 0 Å². The maximum Gasteiger partial charge on any atom is 0.355 e. The van der Waals surface area contributed by atoms with Crippen molar-refractivity contribution in [2.45, 2.75) is 9.79 Å². The van der Waals surface area contributed by atoms with Gasteiger partial charge in [0.15, 0.2) is 4.90 Å². The van der Waals surface area contributed by atoms with Crippen molar-refractivity contribution in [1.82, 2.24) is 0 Å². The molecule has 3 aromatic rings. The molecule has 0 saturated carbocycles. The monoisotopic (exact) mass is 383 g/mol. The first-order chi connectivity index (χ1) is 11.7. The van der Waals surface area contributed by atoms with Gasteiger partial charge in [-0.15, -0.1) is 0 Å². The Bertz CT molecular complexity index is 1190. The number of fused-ring (bicyclic) bond motifs is 1. The van der Waals surface area contributed by atoms with Crippen LogP contribution in [-0.4, -0.2) is 13.3 Å². The molecule has 1 aromatic heterocycles. The topological polar surface area (TPSA) is 107 Å². The predicted molar refractivity (Wildman–Crippen MR) is 86.0 cm³/mol. The Morgan fingerprint density at radius 3 is 2.48 bits per heavy atom. The third-order valence-corrected chi connectivity index (χ3v) is 5.41. The number of rotatable bonds is 3. The van der Waals surface area contributed by atoms with Gasteiger partial charge in [-0.25, -0.2) is 17.6 Å². The Balaban J connectivity index is 2.25. The highest BCUT2D eigenvalue weighted by molar-refractivity contribution is 7.91. The van der Waals surface area contributed by atoms with E-state index in [2.05, 4.69) is 0 Å². The Kier molecular flexibility index (Phi) is 4.05. The molecule has 0 spiro atoms. The molecule has 0 radical (unpaired) electrons. The third-order valence-electron chi connectivity index (χ3n) is 3.39. The summed E-state index contributed by atoms with van der Waals surface area (Å²) >= 11 is 5.58. The fourth-order valence-electron chi connectivity index (χ4n) is 2.16. The molecule has 0 aliphatic heterocycles. The molecule has 0 N–H and O–H groups in total. The smallest absolute Gasteiger partial charge is 0.355 e. The van der Waals surface area contributed by atoms with Gasteiger partial charge in [0.25, 0.3) is 5.69 Å². The van der Waals surface area contributed by atoms with E-state index < -0.39 is 41.0 Å². The average Bonchev–Trinajstić information content (AvgIpc) is 2.55. The van der Waals surface area contributed by atoms with Gasteiger partial charge >= 0.3 is 5.63 Å². The highest BCUT2D eigenvalue weighted by atomic mass is 35.5. The lowest BCUT2D eigenvalue weighted by molar-refractivity contribution is -0.384. The van der Waals surface area contributed by atoms with E-state index in [1.807, 2.05) is 0 Å². The van der Waals surface area contributed by atoms with E-state index in [0.717, 1.165) is 36.4 Å². The average molecular weight is 384 g/mol. The molecule has 10 heteroatoms. The maximum absolute atomic E-state index is 13.2. The SMILES string of the molecule is O=c1oc2ccc([N+](=O)[O-])cc2cc1S(=O)(=O)c1ccc(F)c(Cl)c1. The molecule has 25 heavy (non-hydrogen) atoms. The second-order valence-corrected chi connectivity index (χ2v) is 7.28. The fourth-order valence-corrected chi connectivity index (χ4v) is 3.73. The van der Waals surface area contributed by atoms with Gasteiger partial charge in [0, 0.05) is 17.5 Å². The molecule has 128 valence electrons.